The van der Waals surface area contributed by atoms with Gasteiger partial charge in [0.1, 0.15) is 5.82 Å². The van der Waals surface area contributed by atoms with Crippen LogP contribution in [0.25, 0.3) is 0 Å². The van der Waals surface area contributed by atoms with Crippen LogP contribution < -0.4 is 0 Å². The zero-order valence-electron chi connectivity index (χ0n) is 10.1. The highest BCUT2D eigenvalue weighted by molar-refractivity contribution is 5.29. The average Bonchev–Trinajstić information content (AvgIpc) is 2.11. The van der Waals surface area contributed by atoms with E-state index >= 15 is 0 Å². The molecule has 0 nitrogen and oxygen atoms in total. The fourth-order valence-electron chi connectivity index (χ4n) is 1.21. The van der Waals surface area contributed by atoms with Gasteiger partial charge in [-0.25, -0.2) is 4.39 Å². The zero-order valence-corrected chi connectivity index (χ0v) is 10.1. The number of halogens is 1. The number of benzene rings is 1. The van der Waals surface area contributed by atoms with E-state index in [2.05, 4.69) is 0 Å². The predicted octanol–water partition coefficient (Wildman–Crippen LogP) is 4.46. The summed E-state index contributed by atoms with van der Waals surface area (Å²) in [4.78, 5) is 0. The van der Waals surface area contributed by atoms with Gasteiger partial charge in [0.25, 0.3) is 0 Å². The monoisotopic (exact) mass is 196 g/mol. The first-order valence-corrected chi connectivity index (χ1v) is 5.18. The SMILES string of the molecule is CC.Cc1ccc(F)c(C(C)(C)C)c1. The Morgan fingerprint density at radius 3 is 1.93 bits per heavy atom. The lowest BCUT2D eigenvalue weighted by atomic mass is 9.86. The summed E-state index contributed by atoms with van der Waals surface area (Å²) in [6, 6.07) is 5.25. The van der Waals surface area contributed by atoms with E-state index in [9.17, 15) is 4.39 Å². The van der Waals surface area contributed by atoms with E-state index in [4.69, 9.17) is 0 Å². The van der Waals surface area contributed by atoms with Crippen LogP contribution in [0.5, 0.6) is 0 Å². The fourth-order valence-corrected chi connectivity index (χ4v) is 1.21. The van der Waals surface area contributed by atoms with Gasteiger partial charge in [0.2, 0.25) is 0 Å². The van der Waals surface area contributed by atoms with Gasteiger partial charge in [-0.1, -0.05) is 52.3 Å². The zero-order chi connectivity index (χ0) is 11.4. The molecule has 0 spiro atoms. The van der Waals surface area contributed by atoms with Crippen LogP contribution in [0.4, 0.5) is 4.39 Å². The Balaban J connectivity index is 0.000000791. The molecule has 1 aromatic rings. The Hall–Kier alpha value is -0.850. The molecule has 0 atom stereocenters. The van der Waals surface area contributed by atoms with Crippen molar-refractivity contribution in [1.29, 1.82) is 0 Å². The normalized spacial score (nSPS) is 10.5. The molecule has 0 N–H and O–H groups in total. The summed E-state index contributed by atoms with van der Waals surface area (Å²) < 4.78 is 13.3. The van der Waals surface area contributed by atoms with E-state index in [1.807, 2.05) is 47.6 Å². The van der Waals surface area contributed by atoms with Gasteiger partial charge in [0.05, 0.1) is 0 Å². The highest BCUT2D eigenvalue weighted by Gasteiger charge is 2.17. The van der Waals surface area contributed by atoms with Crippen molar-refractivity contribution in [2.75, 3.05) is 0 Å². The largest absolute Gasteiger partial charge is 0.207 e. The summed E-state index contributed by atoms with van der Waals surface area (Å²) >= 11 is 0. The van der Waals surface area contributed by atoms with Crippen molar-refractivity contribution in [1.82, 2.24) is 0 Å². The van der Waals surface area contributed by atoms with E-state index < -0.39 is 0 Å². The lowest BCUT2D eigenvalue weighted by molar-refractivity contribution is 0.522. The van der Waals surface area contributed by atoms with Crippen LogP contribution in [0.15, 0.2) is 18.2 Å². The van der Waals surface area contributed by atoms with Crippen LogP contribution in [0.3, 0.4) is 0 Å². The Labute approximate surface area is 87.2 Å². The lowest BCUT2D eigenvalue weighted by Gasteiger charge is -2.20. The molecule has 0 unspecified atom stereocenters. The highest BCUT2D eigenvalue weighted by Crippen LogP contribution is 2.25. The molecule has 0 aliphatic heterocycles. The molecule has 0 aromatic heterocycles. The average molecular weight is 196 g/mol. The first kappa shape index (κ1) is 13.2. The summed E-state index contributed by atoms with van der Waals surface area (Å²) in [5.74, 6) is -0.104. The van der Waals surface area contributed by atoms with Gasteiger partial charge < -0.3 is 0 Å². The van der Waals surface area contributed by atoms with Gasteiger partial charge in [0.15, 0.2) is 0 Å². The third-order valence-corrected chi connectivity index (χ3v) is 1.93. The first-order valence-electron chi connectivity index (χ1n) is 5.18. The summed E-state index contributed by atoms with van der Waals surface area (Å²) in [6.07, 6.45) is 0. The summed E-state index contributed by atoms with van der Waals surface area (Å²) in [5, 5.41) is 0. The van der Waals surface area contributed by atoms with Gasteiger partial charge in [-0.05, 0) is 24.0 Å². The van der Waals surface area contributed by atoms with E-state index in [0.717, 1.165) is 11.1 Å². The second kappa shape index (κ2) is 5.14. The smallest absolute Gasteiger partial charge is 0.126 e. The van der Waals surface area contributed by atoms with Crippen molar-refractivity contribution in [2.45, 2.75) is 47.0 Å². The predicted molar refractivity (Wildman–Crippen MR) is 61.2 cm³/mol. The van der Waals surface area contributed by atoms with Crippen molar-refractivity contribution in [3.63, 3.8) is 0 Å². The molecule has 0 fully saturated rings. The molecular weight excluding hydrogens is 175 g/mol. The molecule has 0 heterocycles. The molecule has 1 heteroatoms. The number of aryl methyl sites for hydroxylation is 1. The van der Waals surface area contributed by atoms with Crippen LogP contribution in [-0.2, 0) is 5.41 Å². The minimum atomic E-state index is -0.104. The summed E-state index contributed by atoms with van der Waals surface area (Å²) in [5.41, 5.74) is 1.81. The van der Waals surface area contributed by atoms with Gasteiger partial charge >= 0.3 is 0 Å². The Bertz CT molecular complexity index is 282. The van der Waals surface area contributed by atoms with Crippen molar-refractivity contribution in [2.24, 2.45) is 0 Å². The van der Waals surface area contributed by atoms with Crippen molar-refractivity contribution in [3.05, 3.63) is 35.1 Å². The van der Waals surface area contributed by atoms with Gasteiger partial charge in [0, 0.05) is 0 Å². The molecule has 0 radical (unpaired) electrons. The highest BCUT2D eigenvalue weighted by atomic mass is 19.1. The third kappa shape index (κ3) is 3.49. The van der Waals surface area contributed by atoms with Crippen LogP contribution in [-0.4, -0.2) is 0 Å². The van der Waals surface area contributed by atoms with Crippen LogP contribution in [0.2, 0.25) is 0 Å². The second-order valence-electron chi connectivity index (χ2n) is 4.23. The standard InChI is InChI=1S/C11H15F.C2H6/c1-8-5-6-10(12)9(7-8)11(2,3)4;1-2/h5-7H,1-4H3;1-2H3. The minimum absolute atomic E-state index is 0.101. The molecular formula is C13H21F. The van der Waals surface area contributed by atoms with Gasteiger partial charge in [-0.2, -0.15) is 0 Å². The maximum Gasteiger partial charge on any atom is 0.126 e. The molecule has 0 amide bonds. The molecule has 0 saturated carbocycles. The van der Waals surface area contributed by atoms with Crippen molar-refractivity contribution >= 4 is 0 Å². The minimum Gasteiger partial charge on any atom is -0.207 e. The summed E-state index contributed by atoms with van der Waals surface area (Å²) in [6.45, 7) is 12.0. The van der Waals surface area contributed by atoms with E-state index in [0.29, 0.717) is 0 Å². The van der Waals surface area contributed by atoms with E-state index in [-0.39, 0.29) is 11.2 Å². The Morgan fingerprint density at radius 2 is 1.57 bits per heavy atom. The molecule has 14 heavy (non-hydrogen) atoms. The molecule has 0 aliphatic carbocycles. The molecule has 0 bridgehead atoms. The Kier molecular flexibility index (Phi) is 4.82. The van der Waals surface area contributed by atoms with Crippen LogP contribution >= 0.6 is 0 Å². The number of hydrogen-bond donors (Lipinski definition) is 0. The maximum absolute atomic E-state index is 13.3. The molecule has 0 aliphatic rings. The topological polar surface area (TPSA) is 0 Å². The number of hydrogen-bond acceptors (Lipinski definition) is 0. The molecule has 1 aromatic carbocycles. The maximum atomic E-state index is 13.3. The van der Waals surface area contributed by atoms with Gasteiger partial charge in [-0.3, -0.25) is 0 Å². The second-order valence-corrected chi connectivity index (χ2v) is 4.23. The van der Waals surface area contributed by atoms with Crippen LogP contribution in [0, 0.1) is 12.7 Å². The third-order valence-electron chi connectivity index (χ3n) is 1.93. The van der Waals surface area contributed by atoms with E-state index in [1.165, 1.54) is 6.07 Å². The fraction of sp³-hybridized carbons (Fsp3) is 0.538. The van der Waals surface area contributed by atoms with Crippen molar-refractivity contribution < 1.29 is 4.39 Å². The first-order chi connectivity index (χ1) is 6.41. The molecule has 80 valence electrons. The molecule has 1 rings (SSSR count). The molecule has 0 saturated heterocycles. The van der Waals surface area contributed by atoms with E-state index in [1.54, 1.807) is 6.07 Å². The number of rotatable bonds is 0. The van der Waals surface area contributed by atoms with Crippen LogP contribution in [0.1, 0.15) is 45.7 Å². The van der Waals surface area contributed by atoms with Gasteiger partial charge in [-0.15, -0.1) is 0 Å². The Morgan fingerprint density at radius 1 is 1.07 bits per heavy atom. The lowest BCUT2D eigenvalue weighted by Crippen LogP contribution is -2.13. The quantitative estimate of drug-likeness (QED) is 0.574. The van der Waals surface area contributed by atoms with Crippen molar-refractivity contribution in [3.8, 4) is 0 Å². The summed E-state index contributed by atoms with van der Waals surface area (Å²) in [7, 11) is 0.